The third-order valence-electron chi connectivity index (χ3n) is 2.83. The number of nitrogen functional groups attached to an aromatic ring is 1. The van der Waals surface area contributed by atoms with Gasteiger partial charge in [0.1, 0.15) is 0 Å². The van der Waals surface area contributed by atoms with E-state index in [1.165, 1.54) is 5.57 Å². The molecular weight excluding hydrogens is 192 g/mol. The van der Waals surface area contributed by atoms with Gasteiger partial charge in [-0.1, -0.05) is 16.7 Å². The minimum absolute atomic E-state index is 0.154. The van der Waals surface area contributed by atoms with Crippen LogP contribution in [0.3, 0.4) is 0 Å². The molecule has 0 aromatic carbocycles. The molecule has 0 radical (unpaired) electrons. The molecule has 5 nitrogen and oxygen atoms in total. The summed E-state index contributed by atoms with van der Waals surface area (Å²) in [7, 11) is 0. The highest BCUT2D eigenvalue weighted by Gasteiger charge is 2.19. The van der Waals surface area contributed by atoms with Crippen LogP contribution in [0.15, 0.2) is 16.1 Å². The Labute approximate surface area is 88.5 Å². The average molecular weight is 208 g/mol. The molecule has 82 valence electrons. The first-order valence-electron chi connectivity index (χ1n) is 5.26. The number of anilines is 1. The van der Waals surface area contributed by atoms with E-state index in [4.69, 9.17) is 15.9 Å². The van der Waals surface area contributed by atoms with Gasteiger partial charge in [0, 0.05) is 12.5 Å². The summed E-state index contributed by atoms with van der Waals surface area (Å²) < 4.78 is 5.25. The van der Waals surface area contributed by atoms with Gasteiger partial charge in [-0.3, -0.25) is 0 Å². The molecule has 0 fully saturated rings. The fourth-order valence-corrected chi connectivity index (χ4v) is 1.94. The van der Waals surface area contributed by atoms with Gasteiger partial charge in [0.2, 0.25) is 5.89 Å². The lowest BCUT2D eigenvalue weighted by Crippen LogP contribution is -2.03. The Kier molecular flexibility index (Phi) is 3.01. The average Bonchev–Trinajstić information content (AvgIpc) is 2.54. The van der Waals surface area contributed by atoms with Crippen molar-refractivity contribution in [3.05, 3.63) is 17.5 Å². The lowest BCUT2D eigenvalue weighted by molar-refractivity contribution is 0.430. The van der Waals surface area contributed by atoms with Crippen LogP contribution in [0.25, 0.3) is 0 Å². The minimum atomic E-state index is 0.154. The minimum Gasteiger partial charge on any atom is -0.408 e. The molecule has 0 bridgehead atoms. The van der Waals surface area contributed by atoms with Crippen LogP contribution in [0, 0.1) is 0 Å². The Morgan fingerprint density at radius 3 is 2.93 bits per heavy atom. The van der Waals surface area contributed by atoms with Crippen LogP contribution in [0.4, 0.5) is 6.01 Å². The van der Waals surface area contributed by atoms with Gasteiger partial charge in [0.05, 0.1) is 0 Å². The zero-order chi connectivity index (χ0) is 10.7. The van der Waals surface area contributed by atoms with Crippen LogP contribution in [-0.2, 0) is 0 Å². The molecule has 1 aromatic heterocycles. The first-order chi connectivity index (χ1) is 7.29. The molecule has 0 saturated carbocycles. The lowest BCUT2D eigenvalue weighted by Gasteiger charge is -2.08. The van der Waals surface area contributed by atoms with Gasteiger partial charge in [-0.2, -0.15) is 0 Å². The van der Waals surface area contributed by atoms with Crippen LogP contribution in [0.2, 0.25) is 0 Å². The molecule has 0 saturated heterocycles. The highest BCUT2D eigenvalue weighted by molar-refractivity contribution is 5.11. The summed E-state index contributed by atoms with van der Waals surface area (Å²) in [6.07, 6.45) is 6.32. The second-order valence-corrected chi connectivity index (χ2v) is 3.86. The molecule has 1 heterocycles. The van der Waals surface area contributed by atoms with E-state index in [-0.39, 0.29) is 6.01 Å². The van der Waals surface area contributed by atoms with Crippen LogP contribution in [0.5, 0.6) is 0 Å². The summed E-state index contributed by atoms with van der Waals surface area (Å²) in [5, 5.41) is 7.62. The molecule has 0 spiro atoms. The number of rotatable bonds is 2. The molecule has 0 aliphatic heterocycles. The molecule has 1 aliphatic carbocycles. The molecule has 1 aliphatic rings. The fourth-order valence-electron chi connectivity index (χ4n) is 1.94. The van der Waals surface area contributed by atoms with E-state index in [0.29, 0.717) is 18.4 Å². The number of nitrogens with zero attached hydrogens (tertiary/aromatic N) is 2. The molecule has 4 N–H and O–H groups in total. The molecule has 1 atom stereocenters. The van der Waals surface area contributed by atoms with Crippen molar-refractivity contribution in [2.24, 2.45) is 5.73 Å². The molecule has 2 rings (SSSR count). The fraction of sp³-hybridized carbons (Fsp3) is 0.600. The van der Waals surface area contributed by atoms with Gasteiger partial charge >= 0.3 is 6.01 Å². The Morgan fingerprint density at radius 1 is 1.40 bits per heavy atom. The van der Waals surface area contributed by atoms with Gasteiger partial charge < -0.3 is 15.9 Å². The number of hydrogen-bond donors (Lipinski definition) is 2. The maximum atomic E-state index is 5.62. The van der Waals surface area contributed by atoms with E-state index < -0.39 is 0 Å². The van der Waals surface area contributed by atoms with E-state index in [1.54, 1.807) is 0 Å². The van der Waals surface area contributed by atoms with Crippen LogP contribution in [-0.4, -0.2) is 16.7 Å². The zero-order valence-corrected chi connectivity index (χ0v) is 8.65. The Hall–Kier alpha value is -1.36. The maximum absolute atomic E-state index is 5.62. The topological polar surface area (TPSA) is 91.0 Å². The Balaban J connectivity index is 2.02. The van der Waals surface area contributed by atoms with E-state index in [0.717, 1.165) is 25.7 Å². The normalized spacial score (nSPS) is 22.2. The van der Waals surface area contributed by atoms with Crippen molar-refractivity contribution in [3.8, 4) is 0 Å². The summed E-state index contributed by atoms with van der Waals surface area (Å²) in [6, 6.07) is 0.154. The van der Waals surface area contributed by atoms with Crippen molar-refractivity contribution in [1.82, 2.24) is 10.2 Å². The summed E-state index contributed by atoms with van der Waals surface area (Å²) in [5.74, 6) is 0.995. The second-order valence-electron chi connectivity index (χ2n) is 3.86. The van der Waals surface area contributed by atoms with Crippen molar-refractivity contribution in [3.63, 3.8) is 0 Å². The van der Waals surface area contributed by atoms with Crippen molar-refractivity contribution >= 4 is 6.01 Å². The van der Waals surface area contributed by atoms with E-state index in [2.05, 4.69) is 16.3 Å². The summed E-state index contributed by atoms with van der Waals surface area (Å²) >= 11 is 0. The van der Waals surface area contributed by atoms with E-state index in [9.17, 15) is 0 Å². The third kappa shape index (κ3) is 2.36. The van der Waals surface area contributed by atoms with Crippen molar-refractivity contribution in [2.75, 3.05) is 12.3 Å². The molecule has 5 heteroatoms. The molecule has 0 amide bonds. The lowest BCUT2D eigenvalue weighted by atomic mass is 9.99. The van der Waals surface area contributed by atoms with Gasteiger partial charge in [-0.05, 0) is 25.7 Å². The summed E-state index contributed by atoms with van der Waals surface area (Å²) in [6.45, 7) is 0.651. The Morgan fingerprint density at radius 2 is 2.27 bits per heavy atom. The SMILES string of the molecule is NCC1=CCCC(c2nnc(N)o2)CC1. The highest BCUT2D eigenvalue weighted by Crippen LogP contribution is 2.30. The van der Waals surface area contributed by atoms with Crippen LogP contribution < -0.4 is 11.5 Å². The first-order valence-corrected chi connectivity index (χ1v) is 5.26. The van der Waals surface area contributed by atoms with Gasteiger partial charge in [-0.15, -0.1) is 5.10 Å². The van der Waals surface area contributed by atoms with Gasteiger partial charge in [-0.25, -0.2) is 0 Å². The molecule has 1 aromatic rings. The quantitative estimate of drug-likeness (QED) is 0.712. The zero-order valence-electron chi connectivity index (χ0n) is 8.65. The number of hydrogen-bond acceptors (Lipinski definition) is 5. The Bertz CT molecular complexity index is 358. The smallest absolute Gasteiger partial charge is 0.312 e. The van der Waals surface area contributed by atoms with Crippen LogP contribution in [0.1, 0.15) is 37.5 Å². The second kappa shape index (κ2) is 4.44. The summed E-state index contributed by atoms with van der Waals surface area (Å²) in [4.78, 5) is 0. The van der Waals surface area contributed by atoms with Gasteiger partial charge in [0.25, 0.3) is 0 Å². The third-order valence-corrected chi connectivity index (χ3v) is 2.83. The molecular formula is C10H16N4O. The highest BCUT2D eigenvalue weighted by atomic mass is 16.4. The summed E-state index contributed by atoms with van der Waals surface area (Å²) in [5.41, 5.74) is 12.3. The van der Waals surface area contributed by atoms with E-state index in [1.807, 2.05) is 0 Å². The maximum Gasteiger partial charge on any atom is 0.312 e. The number of aromatic nitrogens is 2. The molecule has 1 unspecified atom stereocenters. The van der Waals surface area contributed by atoms with Crippen molar-refractivity contribution in [1.29, 1.82) is 0 Å². The van der Waals surface area contributed by atoms with Crippen LogP contribution >= 0.6 is 0 Å². The number of allylic oxidation sites excluding steroid dienone is 1. The largest absolute Gasteiger partial charge is 0.408 e. The monoisotopic (exact) mass is 208 g/mol. The standard InChI is InChI=1S/C10H16N4O/c11-6-7-2-1-3-8(5-4-7)9-13-14-10(12)15-9/h2,8H,1,3-6,11H2,(H2,12,14). The first kappa shape index (κ1) is 10.2. The van der Waals surface area contributed by atoms with Crippen molar-refractivity contribution < 1.29 is 4.42 Å². The molecule has 15 heavy (non-hydrogen) atoms. The van der Waals surface area contributed by atoms with Gasteiger partial charge in [0.15, 0.2) is 0 Å². The van der Waals surface area contributed by atoms with E-state index >= 15 is 0 Å². The van der Waals surface area contributed by atoms with Crippen molar-refractivity contribution in [2.45, 2.75) is 31.6 Å². The predicted molar refractivity (Wildman–Crippen MR) is 57.1 cm³/mol. The number of nitrogens with two attached hydrogens (primary N) is 2. The predicted octanol–water partition coefficient (Wildman–Crippen LogP) is 1.19.